The molecule has 1 aliphatic rings. The third kappa shape index (κ3) is 3.23. The fourth-order valence-electron chi connectivity index (χ4n) is 2.06. The van der Waals surface area contributed by atoms with E-state index in [9.17, 15) is 18.3 Å². The SMILES string of the molecule is OC1(CNCc2cccc(C(F)(F)F)c2)CCC1. The van der Waals surface area contributed by atoms with E-state index in [1.807, 2.05) is 0 Å². The molecule has 100 valence electrons. The second-order valence-corrected chi connectivity index (χ2v) is 4.88. The molecule has 0 aromatic heterocycles. The molecule has 1 fully saturated rings. The highest BCUT2D eigenvalue weighted by atomic mass is 19.4. The molecule has 2 nitrogen and oxygen atoms in total. The largest absolute Gasteiger partial charge is 0.416 e. The van der Waals surface area contributed by atoms with Crippen molar-refractivity contribution in [1.82, 2.24) is 5.32 Å². The summed E-state index contributed by atoms with van der Waals surface area (Å²) in [4.78, 5) is 0. The van der Waals surface area contributed by atoms with Crippen LogP contribution in [0.25, 0.3) is 0 Å². The van der Waals surface area contributed by atoms with Crippen molar-refractivity contribution >= 4 is 0 Å². The van der Waals surface area contributed by atoms with E-state index >= 15 is 0 Å². The maximum Gasteiger partial charge on any atom is 0.416 e. The third-order valence-corrected chi connectivity index (χ3v) is 3.32. The second-order valence-electron chi connectivity index (χ2n) is 4.88. The van der Waals surface area contributed by atoms with Gasteiger partial charge < -0.3 is 10.4 Å². The van der Waals surface area contributed by atoms with Crippen LogP contribution in [0.2, 0.25) is 0 Å². The minimum atomic E-state index is -4.30. The van der Waals surface area contributed by atoms with E-state index in [1.165, 1.54) is 6.07 Å². The lowest BCUT2D eigenvalue weighted by molar-refractivity contribution is -0.137. The van der Waals surface area contributed by atoms with Gasteiger partial charge in [0.25, 0.3) is 0 Å². The third-order valence-electron chi connectivity index (χ3n) is 3.32. The molecule has 0 unspecified atom stereocenters. The highest BCUT2D eigenvalue weighted by Gasteiger charge is 2.33. The summed E-state index contributed by atoms with van der Waals surface area (Å²) in [6, 6.07) is 5.24. The van der Waals surface area contributed by atoms with Crippen molar-refractivity contribution < 1.29 is 18.3 Å². The first-order chi connectivity index (χ1) is 8.39. The van der Waals surface area contributed by atoms with Crippen molar-refractivity contribution in [3.63, 3.8) is 0 Å². The normalized spacial score (nSPS) is 18.4. The molecule has 0 amide bonds. The predicted molar refractivity (Wildman–Crippen MR) is 62.0 cm³/mol. The lowest BCUT2D eigenvalue weighted by Gasteiger charge is -2.36. The van der Waals surface area contributed by atoms with Crippen LogP contribution < -0.4 is 5.32 Å². The molecule has 0 bridgehead atoms. The van der Waals surface area contributed by atoms with E-state index in [0.29, 0.717) is 18.7 Å². The Kier molecular flexibility index (Phi) is 3.64. The number of rotatable bonds is 4. The molecule has 18 heavy (non-hydrogen) atoms. The lowest BCUT2D eigenvalue weighted by Crippen LogP contribution is -2.45. The molecule has 2 rings (SSSR count). The zero-order valence-electron chi connectivity index (χ0n) is 9.93. The van der Waals surface area contributed by atoms with E-state index in [4.69, 9.17) is 0 Å². The number of halogens is 3. The van der Waals surface area contributed by atoms with Crippen LogP contribution in [0.4, 0.5) is 13.2 Å². The number of hydrogen-bond donors (Lipinski definition) is 2. The fraction of sp³-hybridized carbons (Fsp3) is 0.538. The zero-order chi connectivity index (χ0) is 13.2. The summed E-state index contributed by atoms with van der Waals surface area (Å²) < 4.78 is 37.4. The Bertz CT molecular complexity index is 413. The Morgan fingerprint density at radius 1 is 1.28 bits per heavy atom. The molecular formula is C13H16F3NO. The topological polar surface area (TPSA) is 32.3 Å². The molecule has 0 saturated heterocycles. The lowest BCUT2D eigenvalue weighted by atomic mass is 9.80. The van der Waals surface area contributed by atoms with Crippen LogP contribution in [0.15, 0.2) is 24.3 Å². The van der Waals surface area contributed by atoms with Gasteiger partial charge in [-0.15, -0.1) is 0 Å². The Balaban J connectivity index is 1.89. The van der Waals surface area contributed by atoms with Crippen molar-refractivity contribution in [2.45, 2.75) is 37.6 Å². The molecule has 0 aliphatic heterocycles. The van der Waals surface area contributed by atoms with Crippen LogP contribution in [0.1, 0.15) is 30.4 Å². The Hall–Kier alpha value is -1.07. The van der Waals surface area contributed by atoms with Gasteiger partial charge in [0.05, 0.1) is 11.2 Å². The summed E-state index contributed by atoms with van der Waals surface area (Å²) in [7, 11) is 0. The van der Waals surface area contributed by atoms with Crippen LogP contribution in [0, 0.1) is 0 Å². The molecule has 0 spiro atoms. The van der Waals surface area contributed by atoms with Crippen LogP contribution in [-0.4, -0.2) is 17.3 Å². The first-order valence-electron chi connectivity index (χ1n) is 5.98. The summed E-state index contributed by atoms with van der Waals surface area (Å²) in [5, 5.41) is 12.8. The minimum absolute atomic E-state index is 0.340. The van der Waals surface area contributed by atoms with Gasteiger partial charge in [0.15, 0.2) is 0 Å². The van der Waals surface area contributed by atoms with E-state index in [-0.39, 0.29) is 0 Å². The van der Waals surface area contributed by atoms with Crippen LogP contribution >= 0.6 is 0 Å². The average molecular weight is 259 g/mol. The summed E-state index contributed by atoms with van der Waals surface area (Å²) in [6.45, 7) is 0.773. The van der Waals surface area contributed by atoms with Crippen LogP contribution in [0.5, 0.6) is 0 Å². The summed E-state index contributed by atoms with van der Waals surface area (Å²) in [5.41, 5.74) is -0.710. The van der Waals surface area contributed by atoms with Crippen molar-refractivity contribution in [3.05, 3.63) is 35.4 Å². The smallest absolute Gasteiger partial charge is 0.389 e. The molecule has 0 atom stereocenters. The Morgan fingerprint density at radius 2 is 2.00 bits per heavy atom. The Morgan fingerprint density at radius 3 is 2.56 bits per heavy atom. The van der Waals surface area contributed by atoms with E-state index < -0.39 is 17.3 Å². The maximum absolute atomic E-state index is 12.5. The fourth-order valence-corrected chi connectivity index (χ4v) is 2.06. The molecule has 1 aliphatic carbocycles. The van der Waals surface area contributed by atoms with Gasteiger partial charge in [0, 0.05) is 13.1 Å². The highest BCUT2D eigenvalue weighted by Crippen LogP contribution is 2.31. The average Bonchev–Trinajstić information content (AvgIpc) is 2.26. The van der Waals surface area contributed by atoms with Gasteiger partial charge in [-0.05, 0) is 30.9 Å². The molecular weight excluding hydrogens is 243 g/mol. The summed E-state index contributed by atoms with van der Waals surface area (Å²) in [5.74, 6) is 0. The van der Waals surface area contributed by atoms with Gasteiger partial charge in [0.1, 0.15) is 0 Å². The van der Waals surface area contributed by atoms with Crippen LogP contribution in [-0.2, 0) is 12.7 Å². The summed E-state index contributed by atoms with van der Waals surface area (Å²) >= 11 is 0. The van der Waals surface area contributed by atoms with Crippen LogP contribution in [0.3, 0.4) is 0 Å². The molecule has 0 heterocycles. The molecule has 1 aromatic rings. The maximum atomic E-state index is 12.5. The zero-order valence-corrected chi connectivity index (χ0v) is 9.93. The van der Waals surface area contributed by atoms with E-state index in [0.717, 1.165) is 31.4 Å². The van der Waals surface area contributed by atoms with E-state index in [2.05, 4.69) is 5.32 Å². The minimum Gasteiger partial charge on any atom is -0.389 e. The predicted octanol–water partition coefficient (Wildman–Crippen LogP) is 2.71. The number of alkyl halides is 3. The van der Waals surface area contributed by atoms with Crippen molar-refractivity contribution in [2.24, 2.45) is 0 Å². The monoisotopic (exact) mass is 259 g/mol. The van der Waals surface area contributed by atoms with Gasteiger partial charge in [-0.25, -0.2) is 0 Å². The highest BCUT2D eigenvalue weighted by molar-refractivity contribution is 5.25. The molecule has 1 aromatic carbocycles. The number of benzene rings is 1. The second kappa shape index (κ2) is 4.90. The van der Waals surface area contributed by atoms with Gasteiger partial charge >= 0.3 is 6.18 Å². The molecule has 0 radical (unpaired) electrons. The number of hydrogen-bond acceptors (Lipinski definition) is 2. The van der Waals surface area contributed by atoms with E-state index in [1.54, 1.807) is 6.07 Å². The van der Waals surface area contributed by atoms with Crippen molar-refractivity contribution in [2.75, 3.05) is 6.54 Å². The quantitative estimate of drug-likeness (QED) is 0.871. The first kappa shape index (κ1) is 13.4. The molecule has 2 N–H and O–H groups in total. The van der Waals surface area contributed by atoms with Gasteiger partial charge in [0.2, 0.25) is 0 Å². The molecule has 5 heteroatoms. The van der Waals surface area contributed by atoms with Crippen molar-refractivity contribution in [3.8, 4) is 0 Å². The number of aliphatic hydroxyl groups is 1. The number of nitrogens with one attached hydrogen (secondary N) is 1. The van der Waals surface area contributed by atoms with Gasteiger partial charge in [-0.1, -0.05) is 18.2 Å². The Labute approximate surface area is 104 Å². The summed E-state index contributed by atoms with van der Waals surface area (Å²) in [6.07, 6.45) is -1.75. The first-order valence-corrected chi connectivity index (χ1v) is 5.98. The standard InChI is InChI=1S/C13H16F3NO/c14-13(15,16)11-4-1-3-10(7-11)8-17-9-12(18)5-2-6-12/h1,3-4,7,17-18H,2,5-6,8-9H2. The molecule has 1 saturated carbocycles. The van der Waals surface area contributed by atoms with Gasteiger partial charge in [-0.3, -0.25) is 0 Å². The van der Waals surface area contributed by atoms with Crippen molar-refractivity contribution in [1.29, 1.82) is 0 Å². The van der Waals surface area contributed by atoms with Gasteiger partial charge in [-0.2, -0.15) is 13.2 Å².